The van der Waals surface area contributed by atoms with Gasteiger partial charge in [-0.05, 0) is 32.9 Å². The monoisotopic (exact) mass is 223 g/mol. The lowest BCUT2D eigenvalue weighted by atomic mass is 9.89. The van der Waals surface area contributed by atoms with Crippen LogP contribution >= 0.6 is 0 Å². The maximum absolute atomic E-state index is 5.72. The van der Waals surface area contributed by atoms with Gasteiger partial charge in [-0.2, -0.15) is 0 Å². The van der Waals surface area contributed by atoms with Crippen molar-refractivity contribution in [3.8, 4) is 0 Å². The fourth-order valence-electron chi connectivity index (χ4n) is 2.30. The Morgan fingerprint density at radius 3 is 2.81 bits per heavy atom. The van der Waals surface area contributed by atoms with Gasteiger partial charge in [-0.1, -0.05) is 19.3 Å². The Bertz CT molecular complexity index is 305. The molecule has 1 heterocycles. The van der Waals surface area contributed by atoms with Crippen LogP contribution in [0.4, 0.5) is 0 Å². The van der Waals surface area contributed by atoms with E-state index in [2.05, 4.69) is 15.5 Å². The zero-order valence-electron chi connectivity index (χ0n) is 10.0. The van der Waals surface area contributed by atoms with E-state index in [4.69, 9.17) is 4.42 Å². The third kappa shape index (κ3) is 3.04. The molecule has 1 aliphatic carbocycles. The van der Waals surface area contributed by atoms with Crippen molar-refractivity contribution in [2.45, 2.75) is 50.9 Å². The highest BCUT2D eigenvalue weighted by Gasteiger charge is 2.20. The molecule has 90 valence electrons. The Labute approximate surface area is 96.8 Å². The van der Waals surface area contributed by atoms with Gasteiger partial charge in [0, 0.05) is 12.3 Å². The average Bonchev–Trinajstić information content (AvgIpc) is 2.79. The van der Waals surface area contributed by atoms with Gasteiger partial charge in [-0.15, -0.1) is 10.2 Å². The molecule has 1 aliphatic rings. The molecule has 0 radical (unpaired) electrons. The Balaban J connectivity index is 1.85. The van der Waals surface area contributed by atoms with Crippen molar-refractivity contribution in [3.63, 3.8) is 0 Å². The van der Waals surface area contributed by atoms with Crippen LogP contribution in [0, 0.1) is 0 Å². The molecule has 1 saturated carbocycles. The van der Waals surface area contributed by atoms with E-state index >= 15 is 0 Å². The van der Waals surface area contributed by atoms with Crippen molar-refractivity contribution in [3.05, 3.63) is 11.8 Å². The third-order valence-corrected chi connectivity index (χ3v) is 3.25. The number of aromatic nitrogens is 2. The highest BCUT2D eigenvalue weighted by atomic mass is 16.4. The molecular weight excluding hydrogens is 202 g/mol. The molecule has 0 aliphatic heterocycles. The molecule has 1 aromatic rings. The lowest BCUT2D eigenvalue weighted by Crippen LogP contribution is -2.08. The number of rotatable bonds is 5. The molecule has 0 aromatic carbocycles. The number of hydrogen-bond donors (Lipinski definition) is 1. The van der Waals surface area contributed by atoms with Crippen LogP contribution in [-0.4, -0.2) is 23.8 Å². The first-order valence-corrected chi connectivity index (χ1v) is 6.37. The van der Waals surface area contributed by atoms with Gasteiger partial charge in [0.05, 0.1) is 0 Å². The van der Waals surface area contributed by atoms with E-state index in [1.165, 1.54) is 32.1 Å². The molecule has 1 aromatic heterocycles. The van der Waals surface area contributed by atoms with Gasteiger partial charge in [0.25, 0.3) is 0 Å². The summed E-state index contributed by atoms with van der Waals surface area (Å²) in [6.45, 7) is 1.00. The summed E-state index contributed by atoms with van der Waals surface area (Å²) >= 11 is 0. The molecule has 0 saturated heterocycles. The fraction of sp³-hybridized carbons (Fsp3) is 0.833. The molecule has 1 fully saturated rings. The van der Waals surface area contributed by atoms with E-state index in [1.54, 1.807) is 0 Å². The average molecular weight is 223 g/mol. The van der Waals surface area contributed by atoms with Crippen molar-refractivity contribution in [2.24, 2.45) is 0 Å². The van der Waals surface area contributed by atoms with E-state index in [-0.39, 0.29) is 0 Å². The molecule has 16 heavy (non-hydrogen) atoms. The molecule has 4 nitrogen and oxygen atoms in total. The first-order chi connectivity index (χ1) is 7.90. The van der Waals surface area contributed by atoms with Crippen LogP contribution in [0.1, 0.15) is 56.2 Å². The molecule has 0 atom stereocenters. The second-order valence-corrected chi connectivity index (χ2v) is 4.58. The SMILES string of the molecule is CNCCCc1nnc(C2CCCCC2)o1. The van der Waals surface area contributed by atoms with Gasteiger partial charge >= 0.3 is 0 Å². The van der Waals surface area contributed by atoms with Crippen LogP contribution in [0.2, 0.25) is 0 Å². The van der Waals surface area contributed by atoms with Gasteiger partial charge in [-0.25, -0.2) is 0 Å². The standard InChI is InChI=1S/C12H21N3O/c1-13-9-5-8-11-14-15-12(16-11)10-6-3-2-4-7-10/h10,13H,2-9H2,1H3. The topological polar surface area (TPSA) is 51.0 Å². The lowest BCUT2D eigenvalue weighted by molar-refractivity contribution is 0.350. The summed E-state index contributed by atoms with van der Waals surface area (Å²) in [4.78, 5) is 0. The van der Waals surface area contributed by atoms with E-state index in [1.807, 2.05) is 7.05 Å². The molecule has 0 amide bonds. The van der Waals surface area contributed by atoms with Crippen LogP contribution in [0.5, 0.6) is 0 Å². The summed E-state index contributed by atoms with van der Waals surface area (Å²) in [6.07, 6.45) is 8.36. The van der Waals surface area contributed by atoms with Gasteiger partial charge in [-0.3, -0.25) is 0 Å². The van der Waals surface area contributed by atoms with Crippen LogP contribution in [0.25, 0.3) is 0 Å². The predicted octanol–water partition coefficient (Wildman–Crippen LogP) is 2.27. The van der Waals surface area contributed by atoms with Crippen molar-refractivity contribution in [2.75, 3.05) is 13.6 Å². The minimum atomic E-state index is 0.527. The molecule has 2 rings (SSSR count). The molecule has 4 heteroatoms. The molecule has 0 spiro atoms. The van der Waals surface area contributed by atoms with Crippen LogP contribution in [-0.2, 0) is 6.42 Å². The van der Waals surface area contributed by atoms with Crippen molar-refractivity contribution in [1.82, 2.24) is 15.5 Å². The highest BCUT2D eigenvalue weighted by Crippen LogP contribution is 2.31. The number of hydrogen-bond acceptors (Lipinski definition) is 4. The lowest BCUT2D eigenvalue weighted by Gasteiger charge is -2.17. The third-order valence-electron chi connectivity index (χ3n) is 3.25. The number of aryl methyl sites for hydroxylation is 1. The van der Waals surface area contributed by atoms with Gasteiger partial charge in [0.1, 0.15) is 0 Å². The molecule has 0 bridgehead atoms. The largest absolute Gasteiger partial charge is 0.425 e. The summed E-state index contributed by atoms with van der Waals surface area (Å²) in [7, 11) is 1.96. The summed E-state index contributed by atoms with van der Waals surface area (Å²) < 4.78 is 5.72. The highest BCUT2D eigenvalue weighted by molar-refractivity contribution is 4.93. The molecule has 1 N–H and O–H groups in total. The molecular formula is C12H21N3O. The maximum Gasteiger partial charge on any atom is 0.219 e. The molecule has 0 unspecified atom stereocenters. The van der Waals surface area contributed by atoms with Crippen LogP contribution in [0.3, 0.4) is 0 Å². The normalized spacial score (nSPS) is 17.8. The number of nitrogens with zero attached hydrogens (tertiary/aromatic N) is 2. The van der Waals surface area contributed by atoms with E-state index in [0.29, 0.717) is 5.92 Å². The number of nitrogens with one attached hydrogen (secondary N) is 1. The smallest absolute Gasteiger partial charge is 0.219 e. The zero-order chi connectivity index (χ0) is 11.2. The maximum atomic E-state index is 5.72. The minimum Gasteiger partial charge on any atom is -0.425 e. The van der Waals surface area contributed by atoms with E-state index in [0.717, 1.165) is 31.2 Å². The van der Waals surface area contributed by atoms with E-state index < -0.39 is 0 Å². The van der Waals surface area contributed by atoms with Gasteiger partial charge in [0.2, 0.25) is 11.8 Å². The van der Waals surface area contributed by atoms with Crippen molar-refractivity contribution in [1.29, 1.82) is 0 Å². The van der Waals surface area contributed by atoms with E-state index in [9.17, 15) is 0 Å². The Morgan fingerprint density at radius 2 is 2.06 bits per heavy atom. The fourth-order valence-corrected chi connectivity index (χ4v) is 2.30. The quantitative estimate of drug-likeness (QED) is 0.778. The zero-order valence-corrected chi connectivity index (χ0v) is 10.0. The predicted molar refractivity (Wildman–Crippen MR) is 62.4 cm³/mol. The van der Waals surface area contributed by atoms with Crippen molar-refractivity contribution >= 4 is 0 Å². The minimum absolute atomic E-state index is 0.527. The second-order valence-electron chi connectivity index (χ2n) is 4.58. The first-order valence-electron chi connectivity index (χ1n) is 6.37. The Hall–Kier alpha value is -0.900. The Morgan fingerprint density at radius 1 is 1.25 bits per heavy atom. The summed E-state index contributed by atoms with van der Waals surface area (Å²) in [6, 6.07) is 0. The second kappa shape index (κ2) is 5.99. The van der Waals surface area contributed by atoms with Crippen LogP contribution < -0.4 is 5.32 Å². The first kappa shape index (κ1) is 11.6. The van der Waals surface area contributed by atoms with Gasteiger partial charge in [0.15, 0.2) is 0 Å². The summed E-state index contributed by atoms with van der Waals surface area (Å²) in [5.74, 6) is 2.20. The van der Waals surface area contributed by atoms with Crippen LogP contribution in [0.15, 0.2) is 4.42 Å². The van der Waals surface area contributed by atoms with Gasteiger partial charge < -0.3 is 9.73 Å². The Kier molecular flexibility index (Phi) is 4.34. The summed E-state index contributed by atoms with van der Waals surface area (Å²) in [5, 5.41) is 11.4. The summed E-state index contributed by atoms with van der Waals surface area (Å²) in [5.41, 5.74) is 0. The van der Waals surface area contributed by atoms with Crippen molar-refractivity contribution < 1.29 is 4.42 Å².